The first-order chi connectivity index (χ1) is 6.33. The van der Waals surface area contributed by atoms with Gasteiger partial charge < -0.3 is 5.11 Å². The molecule has 1 rings (SSSR count). The predicted octanol–water partition coefficient (Wildman–Crippen LogP) is 2.92. The van der Waals surface area contributed by atoms with E-state index in [0.717, 1.165) is 12.2 Å². The highest BCUT2D eigenvalue weighted by atomic mass is 79.9. The van der Waals surface area contributed by atoms with E-state index >= 15 is 0 Å². The van der Waals surface area contributed by atoms with Gasteiger partial charge in [0.15, 0.2) is 0 Å². The highest BCUT2D eigenvalue weighted by Crippen LogP contribution is 2.21. The van der Waals surface area contributed by atoms with Gasteiger partial charge in [-0.1, -0.05) is 34.1 Å². The summed E-state index contributed by atoms with van der Waals surface area (Å²) in [5.41, 5.74) is 0. The first-order valence-corrected chi connectivity index (χ1v) is 6.16. The summed E-state index contributed by atoms with van der Waals surface area (Å²) in [6.45, 7) is 0.255. The smallest absolute Gasteiger partial charge is 0.0441 e. The van der Waals surface area contributed by atoms with E-state index in [1.54, 1.807) is 0 Å². The van der Waals surface area contributed by atoms with Gasteiger partial charge in [-0.2, -0.15) is 0 Å². The predicted molar refractivity (Wildman–Crippen MR) is 61.6 cm³/mol. The minimum absolute atomic E-state index is 0.255. The molecule has 0 fully saturated rings. The molecule has 0 spiro atoms. The normalized spacial score (nSPS) is 12.8. The molecule has 1 unspecified atom stereocenters. The van der Waals surface area contributed by atoms with Crippen LogP contribution in [-0.4, -0.2) is 22.3 Å². The van der Waals surface area contributed by atoms with Crippen molar-refractivity contribution in [2.75, 3.05) is 12.4 Å². The first kappa shape index (κ1) is 11.1. The highest BCUT2D eigenvalue weighted by molar-refractivity contribution is 9.09. The van der Waals surface area contributed by atoms with Gasteiger partial charge in [-0.05, 0) is 18.6 Å². The van der Waals surface area contributed by atoms with Crippen LogP contribution in [0.1, 0.15) is 6.42 Å². The van der Waals surface area contributed by atoms with Crippen molar-refractivity contribution >= 4 is 27.7 Å². The second-order valence-electron chi connectivity index (χ2n) is 2.73. The van der Waals surface area contributed by atoms with Crippen molar-refractivity contribution in [1.82, 2.24) is 0 Å². The summed E-state index contributed by atoms with van der Waals surface area (Å²) in [6, 6.07) is 10.3. The molecule has 1 N–H and O–H groups in total. The minimum Gasteiger partial charge on any atom is -0.396 e. The Bertz CT molecular complexity index is 228. The van der Waals surface area contributed by atoms with Crippen molar-refractivity contribution in [2.45, 2.75) is 16.1 Å². The van der Waals surface area contributed by atoms with E-state index in [2.05, 4.69) is 28.1 Å². The zero-order chi connectivity index (χ0) is 9.52. The lowest BCUT2D eigenvalue weighted by atomic mass is 10.4. The molecule has 0 aliphatic rings. The summed E-state index contributed by atoms with van der Waals surface area (Å²) in [7, 11) is 0. The maximum atomic E-state index is 8.69. The van der Waals surface area contributed by atoms with Crippen LogP contribution in [0.2, 0.25) is 0 Å². The second-order valence-corrected chi connectivity index (χ2v) is 5.12. The number of halogens is 1. The average Bonchev–Trinajstić information content (AvgIpc) is 2.17. The summed E-state index contributed by atoms with van der Waals surface area (Å²) in [6.07, 6.45) is 0.819. The lowest BCUT2D eigenvalue weighted by Gasteiger charge is -2.06. The Morgan fingerprint density at radius 2 is 2.00 bits per heavy atom. The maximum absolute atomic E-state index is 8.69. The standard InChI is InChI=1S/C10H13BrOS/c11-9(6-7-12)8-13-10-4-2-1-3-5-10/h1-5,9,12H,6-8H2. The van der Waals surface area contributed by atoms with Crippen molar-refractivity contribution in [2.24, 2.45) is 0 Å². The molecule has 0 amide bonds. The summed E-state index contributed by atoms with van der Waals surface area (Å²) in [4.78, 5) is 1.69. The van der Waals surface area contributed by atoms with Crippen LogP contribution in [0.4, 0.5) is 0 Å². The number of aliphatic hydroxyl groups is 1. The topological polar surface area (TPSA) is 20.2 Å². The van der Waals surface area contributed by atoms with Gasteiger partial charge in [0.1, 0.15) is 0 Å². The Kier molecular flexibility index (Phi) is 5.51. The van der Waals surface area contributed by atoms with Crippen LogP contribution >= 0.6 is 27.7 Å². The van der Waals surface area contributed by atoms with Gasteiger partial charge in [0.05, 0.1) is 0 Å². The molecule has 72 valence electrons. The molecule has 0 radical (unpaired) electrons. The first-order valence-electron chi connectivity index (χ1n) is 4.25. The van der Waals surface area contributed by atoms with Crippen LogP contribution in [0, 0.1) is 0 Å². The molecule has 0 aliphatic heterocycles. The van der Waals surface area contributed by atoms with Crippen molar-refractivity contribution in [3.05, 3.63) is 30.3 Å². The molecule has 0 aliphatic carbocycles. The Morgan fingerprint density at radius 3 is 2.62 bits per heavy atom. The Hall–Kier alpha value is 0.0100. The molecule has 0 aromatic heterocycles. The van der Waals surface area contributed by atoms with Gasteiger partial charge in [-0.15, -0.1) is 11.8 Å². The quantitative estimate of drug-likeness (QED) is 0.649. The molecule has 1 nitrogen and oxygen atoms in total. The SMILES string of the molecule is OCCC(Br)CSc1ccccc1. The molecule has 3 heteroatoms. The van der Waals surface area contributed by atoms with E-state index in [-0.39, 0.29) is 6.61 Å². The molecule has 0 saturated carbocycles. The van der Waals surface area contributed by atoms with Gasteiger partial charge in [-0.3, -0.25) is 0 Å². The van der Waals surface area contributed by atoms with E-state index in [1.807, 2.05) is 30.0 Å². The third-order valence-electron chi connectivity index (χ3n) is 1.62. The number of rotatable bonds is 5. The van der Waals surface area contributed by atoms with Crippen LogP contribution < -0.4 is 0 Å². The third-order valence-corrected chi connectivity index (χ3v) is 4.00. The summed E-state index contributed by atoms with van der Waals surface area (Å²) < 4.78 is 0. The second kappa shape index (κ2) is 6.46. The van der Waals surface area contributed by atoms with E-state index in [4.69, 9.17) is 5.11 Å². The third kappa shape index (κ3) is 4.69. The van der Waals surface area contributed by atoms with E-state index in [0.29, 0.717) is 4.83 Å². The molecule has 0 saturated heterocycles. The highest BCUT2D eigenvalue weighted by Gasteiger charge is 2.03. The molecule has 1 aromatic rings. The van der Waals surface area contributed by atoms with Crippen LogP contribution in [0.5, 0.6) is 0 Å². The van der Waals surface area contributed by atoms with Crippen LogP contribution in [0.15, 0.2) is 35.2 Å². The zero-order valence-electron chi connectivity index (χ0n) is 7.32. The molecule has 1 atom stereocenters. The zero-order valence-corrected chi connectivity index (χ0v) is 9.72. The molecule has 0 bridgehead atoms. The number of hydrogen-bond acceptors (Lipinski definition) is 2. The lowest BCUT2D eigenvalue weighted by Crippen LogP contribution is -2.03. The molecule has 0 heterocycles. The molecule has 1 aromatic carbocycles. The lowest BCUT2D eigenvalue weighted by molar-refractivity contribution is 0.290. The molecular formula is C10H13BrOS. The van der Waals surface area contributed by atoms with Gasteiger partial charge >= 0.3 is 0 Å². The number of benzene rings is 1. The number of thioether (sulfide) groups is 1. The van der Waals surface area contributed by atoms with Crippen LogP contribution in [-0.2, 0) is 0 Å². The Balaban J connectivity index is 2.27. The fourth-order valence-electron chi connectivity index (χ4n) is 0.927. The van der Waals surface area contributed by atoms with E-state index < -0.39 is 0 Å². The van der Waals surface area contributed by atoms with E-state index in [9.17, 15) is 0 Å². The van der Waals surface area contributed by atoms with Crippen molar-refractivity contribution in [1.29, 1.82) is 0 Å². The number of aliphatic hydroxyl groups excluding tert-OH is 1. The van der Waals surface area contributed by atoms with Crippen LogP contribution in [0.3, 0.4) is 0 Å². The summed E-state index contributed by atoms with van der Waals surface area (Å²) >= 11 is 5.33. The number of alkyl halides is 1. The number of hydrogen-bond donors (Lipinski definition) is 1. The van der Waals surface area contributed by atoms with E-state index in [1.165, 1.54) is 4.90 Å². The van der Waals surface area contributed by atoms with Crippen molar-refractivity contribution < 1.29 is 5.11 Å². The van der Waals surface area contributed by atoms with Crippen LogP contribution in [0.25, 0.3) is 0 Å². The fourth-order valence-corrected chi connectivity index (χ4v) is 2.42. The van der Waals surface area contributed by atoms with Crippen molar-refractivity contribution in [3.8, 4) is 0 Å². The van der Waals surface area contributed by atoms with Gasteiger partial charge in [-0.25, -0.2) is 0 Å². The van der Waals surface area contributed by atoms with Gasteiger partial charge in [0.2, 0.25) is 0 Å². The Labute approximate surface area is 91.7 Å². The molecule has 13 heavy (non-hydrogen) atoms. The average molecular weight is 261 g/mol. The summed E-state index contributed by atoms with van der Waals surface area (Å²) in [5.74, 6) is 1.00. The largest absolute Gasteiger partial charge is 0.396 e. The van der Waals surface area contributed by atoms with Gasteiger partial charge in [0.25, 0.3) is 0 Å². The molecular weight excluding hydrogens is 248 g/mol. The van der Waals surface area contributed by atoms with Gasteiger partial charge in [0, 0.05) is 22.1 Å². The fraction of sp³-hybridized carbons (Fsp3) is 0.400. The minimum atomic E-state index is 0.255. The van der Waals surface area contributed by atoms with Crippen molar-refractivity contribution in [3.63, 3.8) is 0 Å². The Morgan fingerprint density at radius 1 is 1.31 bits per heavy atom. The maximum Gasteiger partial charge on any atom is 0.0441 e. The monoisotopic (exact) mass is 260 g/mol. The summed E-state index contributed by atoms with van der Waals surface area (Å²) in [5, 5.41) is 8.69.